The topological polar surface area (TPSA) is 56.1 Å². The largest absolute Gasteiger partial charge is 0.444 e. The molecular weight excluding hydrogens is 214 g/mol. The fourth-order valence-electron chi connectivity index (χ4n) is 0.930. The summed E-state index contributed by atoms with van der Waals surface area (Å²) in [5.41, 5.74) is 0.315. The number of amides is 1. The quantitative estimate of drug-likeness (QED) is 0.757. The first-order valence-electron chi connectivity index (χ1n) is 4.57. The Kier molecular flexibility index (Phi) is 3.62. The number of alkyl carbamates (subject to hydrolysis) is 1. The summed E-state index contributed by atoms with van der Waals surface area (Å²) in [6, 6.07) is 1.77. The SMILES string of the molecule is CC(C)(C)OC(=O)NCc1ccnn1S. The van der Waals surface area contributed by atoms with Gasteiger partial charge in [0, 0.05) is 0 Å². The van der Waals surface area contributed by atoms with Crippen molar-refractivity contribution in [1.29, 1.82) is 0 Å². The molecule has 1 heterocycles. The van der Waals surface area contributed by atoms with Crippen LogP contribution >= 0.6 is 12.8 Å². The van der Waals surface area contributed by atoms with Gasteiger partial charge < -0.3 is 10.1 Å². The second kappa shape index (κ2) is 4.57. The summed E-state index contributed by atoms with van der Waals surface area (Å²) in [6.45, 7) is 5.79. The van der Waals surface area contributed by atoms with E-state index in [9.17, 15) is 4.79 Å². The van der Waals surface area contributed by atoms with Gasteiger partial charge in [-0.25, -0.2) is 8.88 Å². The Labute approximate surface area is 94.3 Å². The molecule has 1 amide bonds. The minimum atomic E-state index is -0.481. The smallest absolute Gasteiger partial charge is 0.407 e. The maximum atomic E-state index is 11.3. The Hall–Kier alpha value is -1.17. The van der Waals surface area contributed by atoms with E-state index in [0.29, 0.717) is 6.54 Å². The zero-order valence-electron chi connectivity index (χ0n) is 9.02. The Morgan fingerprint density at radius 1 is 1.67 bits per heavy atom. The molecule has 84 valence electrons. The van der Waals surface area contributed by atoms with E-state index in [-0.39, 0.29) is 0 Å². The van der Waals surface area contributed by atoms with E-state index in [1.54, 1.807) is 12.3 Å². The minimum Gasteiger partial charge on any atom is -0.444 e. The summed E-state index contributed by atoms with van der Waals surface area (Å²) in [6.07, 6.45) is 1.16. The van der Waals surface area contributed by atoms with Crippen molar-refractivity contribution in [2.45, 2.75) is 32.9 Å². The Morgan fingerprint density at radius 3 is 2.80 bits per heavy atom. The Morgan fingerprint density at radius 2 is 2.33 bits per heavy atom. The predicted molar refractivity (Wildman–Crippen MR) is 59.7 cm³/mol. The number of ether oxygens (including phenoxy) is 1. The van der Waals surface area contributed by atoms with Gasteiger partial charge in [-0.05, 0) is 39.7 Å². The van der Waals surface area contributed by atoms with Crippen LogP contribution in [0, 0.1) is 0 Å². The van der Waals surface area contributed by atoms with Gasteiger partial charge in [-0.3, -0.25) is 0 Å². The summed E-state index contributed by atoms with van der Waals surface area (Å²) in [5.74, 6) is 0. The predicted octanol–water partition coefficient (Wildman–Crippen LogP) is 1.60. The number of rotatable bonds is 2. The fraction of sp³-hybridized carbons (Fsp3) is 0.556. The fourth-order valence-corrected chi connectivity index (χ4v) is 1.13. The second-order valence-electron chi connectivity index (χ2n) is 4.07. The molecule has 1 rings (SSSR count). The number of nitrogens with one attached hydrogen (secondary N) is 1. The van der Waals surface area contributed by atoms with Crippen LogP contribution in [0.25, 0.3) is 0 Å². The van der Waals surface area contributed by atoms with Gasteiger partial charge in [0.2, 0.25) is 0 Å². The molecule has 1 N–H and O–H groups in total. The number of hydrogen-bond donors (Lipinski definition) is 2. The molecule has 0 fully saturated rings. The maximum absolute atomic E-state index is 11.3. The number of aromatic nitrogens is 2. The highest BCUT2D eigenvalue weighted by Gasteiger charge is 2.15. The second-order valence-corrected chi connectivity index (χ2v) is 4.45. The lowest BCUT2D eigenvalue weighted by molar-refractivity contribution is 0.0523. The first-order valence-corrected chi connectivity index (χ1v) is 4.97. The van der Waals surface area contributed by atoms with Crippen LogP contribution in [-0.4, -0.2) is 20.9 Å². The van der Waals surface area contributed by atoms with Crippen LogP contribution in [0.5, 0.6) is 0 Å². The molecule has 0 atom stereocenters. The molecular formula is C9H15N3O2S. The van der Waals surface area contributed by atoms with Gasteiger partial charge in [0.05, 0.1) is 18.4 Å². The number of carbonyl (C=O) groups excluding carboxylic acids is 1. The molecule has 0 aromatic carbocycles. The van der Waals surface area contributed by atoms with Gasteiger partial charge >= 0.3 is 6.09 Å². The molecule has 0 bridgehead atoms. The molecule has 6 heteroatoms. The zero-order valence-corrected chi connectivity index (χ0v) is 9.91. The monoisotopic (exact) mass is 229 g/mol. The first kappa shape index (κ1) is 11.9. The standard InChI is InChI=1S/C9H15N3O2S/c1-9(2,3)14-8(13)10-6-7-4-5-11-12(7)15/h4-5,15H,6H2,1-3H3,(H,10,13). The van der Waals surface area contributed by atoms with Crippen LogP contribution in [0.4, 0.5) is 4.79 Å². The highest BCUT2D eigenvalue weighted by Crippen LogP contribution is 2.07. The van der Waals surface area contributed by atoms with Crippen molar-refractivity contribution in [1.82, 2.24) is 14.5 Å². The summed E-state index contributed by atoms with van der Waals surface area (Å²) in [4.78, 5) is 11.3. The third-order valence-corrected chi connectivity index (χ3v) is 1.87. The summed E-state index contributed by atoms with van der Waals surface area (Å²) in [5, 5.41) is 6.47. The van der Waals surface area contributed by atoms with Gasteiger partial charge in [-0.15, -0.1) is 0 Å². The third kappa shape index (κ3) is 4.24. The number of nitrogens with zero attached hydrogens (tertiary/aromatic N) is 2. The van der Waals surface area contributed by atoms with Crippen LogP contribution in [0.2, 0.25) is 0 Å². The van der Waals surface area contributed by atoms with Gasteiger partial charge in [-0.1, -0.05) is 0 Å². The van der Waals surface area contributed by atoms with E-state index >= 15 is 0 Å². The van der Waals surface area contributed by atoms with Gasteiger partial charge in [-0.2, -0.15) is 5.10 Å². The van der Waals surface area contributed by atoms with Crippen molar-refractivity contribution in [3.05, 3.63) is 18.0 Å². The lowest BCUT2D eigenvalue weighted by Crippen LogP contribution is -2.32. The number of hydrogen-bond acceptors (Lipinski definition) is 4. The molecule has 5 nitrogen and oxygen atoms in total. The molecule has 0 aliphatic carbocycles. The van der Waals surface area contributed by atoms with Gasteiger partial charge in [0.15, 0.2) is 0 Å². The van der Waals surface area contributed by atoms with E-state index in [1.165, 1.54) is 4.09 Å². The van der Waals surface area contributed by atoms with Crippen LogP contribution in [0.3, 0.4) is 0 Å². The van der Waals surface area contributed by atoms with Crippen molar-refractivity contribution in [2.24, 2.45) is 0 Å². The van der Waals surface area contributed by atoms with Crippen LogP contribution < -0.4 is 5.32 Å². The molecule has 0 unspecified atom stereocenters. The van der Waals surface area contributed by atoms with Crippen molar-refractivity contribution in [3.8, 4) is 0 Å². The normalized spacial score (nSPS) is 11.2. The average molecular weight is 229 g/mol. The van der Waals surface area contributed by atoms with E-state index in [2.05, 4.69) is 23.2 Å². The lowest BCUT2D eigenvalue weighted by Gasteiger charge is -2.19. The zero-order chi connectivity index (χ0) is 11.5. The van der Waals surface area contributed by atoms with Gasteiger partial charge in [0.1, 0.15) is 5.60 Å². The van der Waals surface area contributed by atoms with Crippen molar-refractivity contribution in [2.75, 3.05) is 0 Å². The van der Waals surface area contributed by atoms with E-state index in [1.807, 2.05) is 20.8 Å². The molecule has 0 aliphatic rings. The first-order chi connectivity index (χ1) is 6.88. The number of thiol groups is 1. The molecule has 0 saturated carbocycles. The summed E-state index contributed by atoms with van der Waals surface area (Å²) < 4.78 is 6.47. The molecule has 0 saturated heterocycles. The van der Waals surface area contributed by atoms with Gasteiger partial charge in [0.25, 0.3) is 0 Å². The van der Waals surface area contributed by atoms with E-state index < -0.39 is 11.7 Å². The highest BCUT2D eigenvalue weighted by atomic mass is 32.1. The molecule has 0 aliphatic heterocycles. The van der Waals surface area contributed by atoms with Crippen LogP contribution in [0.1, 0.15) is 26.5 Å². The molecule has 1 aromatic rings. The number of carbonyl (C=O) groups is 1. The summed E-state index contributed by atoms with van der Waals surface area (Å²) in [7, 11) is 0. The highest BCUT2D eigenvalue weighted by molar-refractivity contribution is 7.78. The van der Waals surface area contributed by atoms with E-state index in [0.717, 1.165) is 5.69 Å². The molecule has 0 radical (unpaired) electrons. The molecule has 0 spiro atoms. The maximum Gasteiger partial charge on any atom is 0.407 e. The van der Waals surface area contributed by atoms with Crippen molar-refractivity contribution >= 4 is 18.9 Å². The lowest BCUT2D eigenvalue weighted by atomic mass is 10.2. The van der Waals surface area contributed by atoms with Crippen molar-refractivity contribution < 1.29 is 9.53 Å². The van der Waals surface area contributed by atoms with Crippen LogP contribution in [0.15, 0.2) is 12.3 Å². The molecule has 1 aromatic heterocycles. The molecule has 15 heavy (non-hydrogen) atoms. The third-order valence-electron chi connectivity index (χ3n) is 1.51. The van der Waals surface area contributed by atoms with Crippen LogP contribution in [-0.2, 0) is 11.3 Å². The van der Waals surface area contributed by atoms with Crippen molar-refractivity contribution in [3.63, 3.8) is 0 Å². The average Bonchev–Trinajstić information content (AvgIpc) is 2.44. The summed E-state index contributed by atoms with van der Waals surface area (Å²) >= 11 is 4.05. The Bertz CT molecular complexity index is 343. The minimum absolute atomic E-state index is 0.346. The van der Waals surface area contributed by atoms with E-state index in [4.69, 9.17) is 4.74 Å². The Balaban J connectivity index is 2.38.